The maximum atomic E-state index is 13.5. The number of aromatic nitrogens is 1. The summed E-state index contributed by atoms with van der Waals surface area (Å²) in [5.74, 6) is -0.00584. The van der Waals surface area contributed by atoms with Crippen LogP contribution in [0.2, 0.25) is 0 Å². The Kier molecular flexibility index (Phi) is 3.18. The lowest BCUT2D eigenvalue weighted by Gasteiger charge is -2.32. The van der Waals surface area contributed by atoms with E-state index >= 15 is 0 Å². The van der Waals surface area contributed by atoms with Crippen molar-refractivity contribution in [2.24, 2.45) is 0 Å². The number of halogens is 1. The van der Waals surface area contributed by atoms with Crippen LogP contribution < -0.4 is 5.46 Å². The molecular weight excluding hydrogens is 256 g/mol. The van der Waals surface area contributed by atoms with E-state index in [9.17, 15) is 4.39 Å². The maximum Gasteiger partial charge on any atom is 0.496 e. The first kappa shape index (κ1) is 14.0. The molecule has 2 aliphatic rings. The molecule has 0 N–H and O–H groups in total. The average Bonchev–Trinajstić information content (AvgIpc) is 2.45. The summed E-state index contributed by atoms with van der Waals surface area (Å²) in [4.78, 5) is 3.79. The van der Waals surface area contributed by atoms with Crippen molar-refractivity contribution in [2.75, 3.05) is 0 Å². The fraction of sp³-hybridized carbons (Fsp3) is 0.667. The second-order valence-corrected chi connectivity index (χ2v) is 6.85. The van der Waals surface area contributed by atoms with E-state index in [-0.39, 0.29) is 11.2 Å². The predicted molar refractivity (Wildman–Crippen MR) is 76.5 cm³/mol. The minimum absolute atomic E-state index is 0.386. The van der Waals surface area contributed by atoms with Crippen molar-refractivity contribution in [1.29, 1.82) is 0 Å². The van der Waals surface area contributed by atoms with Crippen LogP contribution in [0.15, 0.2) is 12.3 Å². The van der Waals surface area contributed by atoms with Crippen LogP contribution >= 0.6 is 0 Å². The van der Waals surface area contributed by atoms with Gasteiger partial charge in [-0.3, -0.25) is 0 Å². The van der Waals surface area contributed by atoms with Gasteiger partial charge in [0.2, 0.25) is 5.95 Å². The van der Waals surface area contributed by atoms with E-state index in [2.05, 4.69) is 4.98 Å². The molecule has 3 nitrogen and oxygen atoms in total. The molecule has 1 aliphatic carbocycles. The molecule has 0 radical (unpaired) electrons. The van der Waals surface area contributed by atoms with Crippen LogP contribution in [0.5, 0.6) is 0 Å². The van der Waals surface area contributed by atoms with Crippen LogP contribution in [0.25, 0.3) is 0 Å². The minimum atomic E-state index is -0.455. The molecule has 1 aromatic rings. The fourth-order valence-electron chi connectivity index (χ4n) is 2.69. The zero-order chi connectivity index (χ0) is 14.5. The van der Waals surface area contributed by atoms with Crippen molar-refractivity contribution in [1.82, 2.24) is 4.98 Å². The summed E-state index contributed by atoms with van der Waals surface area (Å²) in [7, 11) is -0.455. The molecule has 2 heterocycles. The van der Waals surface area contributed by atoms with E-state index < -0.39 is 13.1 Å². The molecular formula is C15H21BFNO2. The summed E-state index contributed by atoms with van der Waals surface area (Å²) >= 11 is 0. The minimum Gasteiger partial charge on any atom is -0.399 e. The van der Waals surface area contributed by atoms with Crippen LogP contribution in [-0.2, 0) is 9.31 Å². The van der Waals surface area contributed by atoms with Gasteiger partial charge in [-0.1, -0.05) is 6.42 Å². The van der Waals surface area contributed by atoms with E-state index in [0.29, 0.717) is 5.92 Å². The first-order valence-electron chi connectivity index (χ1n) is 7.31. The lowest BCUT2D eigenvalue weighted by Crippen LogP contribution is -2.41. The molecule has 0 bridgehead atoms. The molecule has 1 aromatic heterocycles. The monoisotopic (exact) mass is 277 g/mol. The molecule has 2 fully saturated rings. The summed E-state index contributed by atoms with van der Waals surface area (Å²) in [5.41, 5.74) is 1.11. The van der Waals surface area contributed by atoms with Crippen molar-refractivity contribution in [3.63, 3.8) is 0 Å². The number of hydrogen-bond donors (Lipinski definition) is 0. The van der Waals surface area contributed by atoms with Crippen LogP contribution in [0.4, 0.5) is 4.39 Å². The molecule has 1 saturated heterocycles. The van der Waals surface area contributed by atoms with Crippen LogP contribution in [0, 0.1) is 5.95 Å². The summed E-state index contributed by atoms with van der Waals surface area (Å²) in [6, 6.07) is 1.55. The van der Waals surface area contributed by atoms with Crippen LogP contribution in [0.1, 0.15) is 58.4 Å². The predicted octanol–water partition coefficient (Wildman–Crippen LogP) is 2.79. The van der Waals surface area contributed by atoms with E-state index in [0.717, 1.165) is 23.9 Å². The van der Waals surface area contributed by atoms with Gasteiger partial charge in [-0.15, -0.1) is 0 Å². The third-order valence-corrected chi connectivity index (χ3v) is 4.99. The second-order valence-electron chi connectivity index (χ2n) is 6.85. The molecule has 0 amide bonds. The van der Waals surface area contributed by atoms with Crippen LogP contribution in [0.3, 0.4) is 0 Å². The topological polar surface area (TPSA) is 31.4 Å². The van der Waals surface area contributed by atoms with Crippen molar-refractivity contribution < 1.29 is 13.7 Å². The molecule has 5 heteroatoms. The van der Waals surface area contributed by atoms with E-state index in [1.54, 1.807) is 12.3 Å². The van der Waals surface area contributed by atoms with Gasteiger partial charge >= 0.3 is 7.12 Å². The Labute approximate surface area is 120 Å². The molecule has 0 atom stereocenters. The molecule has 20 heavy (non-hydrogen) atoms. The molecule has 1 aliphatic heterocycles. The van der Waals surface area contributed by atoms with Crippen molar-refractivity contribution in [3.8, 4) is 0 Å². The summed E-state index contributed by atoms with van der Waals surface area (Å²) in [5, 5.41) is 0. The Morgan fingerprint density at radius 3 is 2.30 bits per heavy atom. The zero-order valence-corrected chi connectivity index (χ0v) is 12.6. The standard InChI is InChI=1S/C15H21BFNO2/c1-14(2)15(3,4)20-16(19-14)12-9-18-13(17)8-11(12)10-6-5-7-10/h8-10H,5-7H2,1-4H3. The Balaban J connectivity index is 1.95. The highest BCUT2D eigenvalue weighted by atomic mass is 19.1. The van der Waals surface area contributed by atoms with Gasteiger partial charge < -0.3 is 9.31 Å². The van der Waals surface area contributed by atoms with Gasteiger partial charge in [0.25, 0.3) is 0 Å². The summed E-state index contributed by atoms with van der Waals surface area (Å²) < 4.78 is 25.6. The number of rotatable bonds is 2. The third-order valence-electron chi connectivity index (χ3n) is 4.99. The highest BCUT2D eigenvalue weighted by Gasteiger charge is 2.52. The lowest BCUT2D eigenvalue weighted by molar-refractivity contribution is 0.00578. The maximum absolute atomic E-state index is 13.5. The second kappa shape index (κ2) is 4.53. The van der Waals surface area contributed by atoms with Crippen molar-refractivity contribution in [3.05, 3.63) is 23.8 Å². The molecule has 0 unspecified atom stereocenters. The molecule has 0 spiro atoms. The first-order valence-corrected chi connectivity index (χ1v) is 7.31. The Morgan fingerprint density at radius 1 is 1.20 bits per heavy atom. The van der Waals surface area contributed by atoms with Crippen molar-refractivity contribution >= 4 is 12.6 Å². The SMILES string of the molecule is CC1(C)OB(c2cnc(F)cc2C2CCC2)OC1(C)C. The Bertz CT molecular complexity index is 513. The zero-order valence-electron chi connectivity index (χ0n) is 12.6. The van der Waals surface area contributed by atoms with E-state index in [1.165, 1.54) is 6.42 Å². The number of pyridine rings is 1. The van der Waals surface area contributed by atoms with Gasteiger partial charge in [-0.2, -0.15) is 4.39 Å². The molecule has 1 saturated carbocycles. The highest BCUT2D eigenvalue weighted by Crippen LogP contribution is 2.39. The lowest BCUT2D eigenvalue weighted by atomic mass is 9.69. The van der Waals surface area contributed by atoms with Gasteiger partial charge in [0.05, 0.1) is 11.2 Å². The van der Waals surface area contributed by atoms with E-state index in [1.807, 2.05) is 27.7 Å². The fourth-order valence-corrected chi connectivity index (χ4v) is 2.69. The third kappa shape index (κ3) is 2.17. The van der Waals surface area contributed by atoms with Crippen molar-refractivity contribution in [2.45, 2.75) is 64.1 Å². The Hall–Kier alpha value is -0.935. The van der Waals surface area contributed by atoms with E-state index in [4.69, 9.17) is 9.31 Å². The number of hydrogen-bond acceptors (Lipinski definition) is 3. The molecule has 0 aromatic carbocycles. The smallest absolute Gasteiger partial charge is 0.399 e. The highest BCUT2D eigenvalue weighted by molar-refractivity contribution is 6.62. The summed E-state index contributed by atoms with van der Waals surface area (Å²) in [6.45, 7) is 8.08. The van der Waals surface area contributed by atoms with Gasteiger partial charge in [0.1, 0.15) is 0 Å². The summed E-state index contributed by atoms with van der Waals surface area (Å²) in [6.07, 6.45) is 4.99. The normalized spacial score (nSPS) is 24.8. The quantitative estimate of drug-likeness (QED) is 0.615. The van der Waals surface area contributed by atoms with Gasteiger partial charge in [-0.05, 0) is 58.1 Å². The van der Waals surface area contributed by atoms with Crippen LogP contribution in [-0.4, -0.2) is 23.3 Å². The first-order chi connectivity index (χ1) is 9.30. The number of nitrogens with zero attached hydrogens (tertiary/aromatic N) is 1. The Morgan fingerprint density at radius 2 is 1.80 bits per heavy atom. The van der Waals surface area contributed by atoms with Gasteiger partial charge in [-0.25, -0.2) is 4.98 Å². The van der Waals surface area contributed by atoms with Gasteiger partial charge in [0.15, 0.2) is 0 Å². The molecule has 108 valence electrons. The molecule has 3 rings (SSSR count). The van der Waals surface area contributed by atoms with Gasteiger partial charge in [0, 0.05) is 11.7 Å². The largest absolute Gasteiger partial charge is 0.496 e. The average molecular weight is 277 g/mol.